The summed E-state index contributed by atoms with van der Waals surface area (Å²) in [5, 5.41) is 6.52. The van der Waals surface area contributed by atoms with Crippen LogP contribution in [0.15, 0.2) is 21.8 Å². The summed E-state index contributed by atoms with van der Waals surface area (Å²) in [6.07, 6.45) is 0. The summed E-state index contributed by atoms with van der Waals surface area (Å²) in [7, 11) is -2.97. The van der Waals surface area contributed by atoms with Gasteiger partial charge >= 0.3 is 0 Å². The monoisotopic (exact) mass is 370 g/mol. The molecule has 0 unspecified atom stereocenters. The number of aromatic nitrogens is 3. The number of benzene rings is 1. The summed E-state index contributed by atoms with van der Waals surface area (Å²) in [5.41, 5.74) is -0.725. The Morgan fingerprint density at radius 2 is 1.90 bits per heavy atom. The highest BCUT2D eigenvalue weighted by Gasteiger charge is 2.26. The molecule has 0 aliphatic heterocycles. The molecule has 108 valence electrons. The first kappa shape index (κ1) is 14.8. The van der Waals surface area contributed by atoms with Gasteiger partial charge in [0, 0.05) is 7.05 Å². The highest BCUT2D eigenvalue weighted by atomic mass is 79.9. The highest BCUT2D eigenvalue weighted by Crippen LogP contribution is 2.25. The number of anilines is 1. The van der Waals surface area contributed by atoms with Gasteiger partial charge in [0.05, 0.1) is 5.69 Å². The van der Waals surface area contributed by atoms with Crippen molar-refractivity contribution >= 4 is 31.6 Å². The van der Waals surface area contributed by atoms with Crippen LogP contribution in [-0.2, 0) is 17.1 Å². The molecule has 6 nitrogen and oxygen atoms in total. The van der Waals surface area contributed by atoms with Crippen molar-refractivity contribution in [2.45, 2.75) is 5.03 Å². The summed E-state index contributed by atoms with van der Waals surface area (Å²) in [5.74, 6) is -4.83. The number of aryl methyl sites for hydroxylation is 1. The predicted octanol–water partition coefficient (Wildman–Crippen LogP) is 1.80. The van der Waals surface area contributed by atoms with E-state index >= 15 is 0 Å². The van der Waals surface area contributed by atoms with Crippen LogP contribution in [-0.4, -0.2) is 23.4 Å². The van der Waals surface area contributed by atoms with Gasteiger partial charge in [-0.05, 0) is 28.1 Å². The molecular formula is C9H6BrF3N4O2S. The molecule has 1 heterocycles. The molecule has 1 aromatic carbocycles. The van der Waals surface area contributed by atoms with Gasteiger partial charge < -0.3 is 0 Å². The second-order valence-electron chi connectivity index (χ2n) is 3.64. The molecule has 0 spiro atoms. The Morgan fingerprint density at radius 1 is 1.25 bits per heavy atom. The topological polar surface area (TPSA) is 76.9 Å². The number of halogens is 4. The van der Waals surface area contributed by atoms with E-state index in [1.165, 1.54) is 7.05 Å². The predicted molar refractivity (Wildman–Crippen MR) is 65.8 cm³/mol. The van der Waals surface area contributed by atoms with Crippen molar-refractivity contribution in [2.75, 3.05) is 4.72 Å². The van der Waals surface area contributed by atoms with Crippen molar-refractivity contribution < 1.29 is 21.6 Å². The number of nitrogens with one attached hydrogen (secondary N) is 1. The molecule has 0 aliphatic rings. The Labute approximate surface area is 119 Å². The third kappa shape index (κ3) is 2.50. The van der Waals surface area contributed by atoms with E-state index in [4.69, 9.17) is 0 Å². The zero-order valence-electron chi connectivity index (χ0n) is 9.73. The van der Waals surface area contributed by atoms with Gasteiger partial charge in [-0.1, -0.05) is 5.21 Å². The van der Waals surface area contributed by atoms with Gasteiger partial charge in [0.1, 0.15) is 0 Å². The minimum absolute atomic E-state index is 0.101. The summed E-state index contributed by atoms with van der Waals surface area (Å²) >= 11 is 2.87. The fourth-order valence-electron chi connectivity index (χ4n) is 1.41. The normalized spacial score (nSPS) is 11.7. The van der Waals surface area contributed by atoms with Crippen LogP contribution in [0.25, 0.3) is 0 Å². The van der Waals surface area contributed by atoms with E-state index < -0.39 is 33.2 Å². The number of rotatable bonds is 3. The lowest BCUT2D eigenvalue weighted by molar-refractivity contribution is 0.449. The average molecular weight is 371 g/mol. The van der Waals surface area contributed by atoms with Crippen LogP contribution in [0.5, 0.6) is 0 Å². The minimum atomic E-state index is -4.27. The van der Waals surface area contributed by atoms with E-state index in [1.807, 2.05) is 0 Å². The van der Waals surface area contributed by atoms with Crippen molar-refractivity contribution in [1.29, 1.82) is 0 Å². The Balaban J connectivity index is 2.47. The molecule has 0 bridgehead atoms. The quantitative estimate of drug-likeness (QED) is 0.835. The van der Waals surface area contributed by atoms with Gasteiger partial charge in [0.25, 0.3) is 10.0 Å². The van der Waals surface area contributed by atoms with Gasteiger partial charge in [-0.2, -0.15) is 8.42 Å². The van der Waals surface area contributed by atoms with E-state index in [-0.39, 0.29) is 9.63 Å². The number of nitrogens with zero attached hydrogens (tertiary/aromatic N) is 3. The molecule has 0 aliphatic carbocycles. The first-order valence-electron chi connectivity index (χ1n) is 4.95. The summed E-state index contributed by atoms with van der Waals surface area (Å²) < 4.78 is 65.9. The Kier molecular flexibility index (Phi) is 3.73. The maximum atomic E-state index is 13.4. The lowest BCUT2D eigenvalue weighted by Crippen LogP contribution is -2.18. The lowest BCUT2D eigenvalue weighted by Gasteiger charge is -2.09. The molecule has 20 heavy (non-hydrogen) atoms. The lowest BCUT2D eigenvalue weighted by atomic mass is 10.3. The van der Waals surface area contributed by atoms with Gasteiger partial charge in [-0.15, -0.1) is 5.10 Å². The van der Waals surface area contributed by atoms with Gasteiger partial charge in [0.2, 0.25) is 5.03 Å². The average Bonchev–Trinajstić information content (AvgIpc) is 2.70. The number of hydrogen-bond donors (Lipinski definition) is 1. The maximum Gasteiger partial charge on any atom is 0.282 e. The molecule has 0 amide bonds. The molecule has 1 N–H and O–H groups in total. The fraction of sp³-hybridized carbons (Fsp3) is 0.111. The zero-order valence-corrected chi connectivity index (χ0v) is 12.1. The van der Waals surface area contributed by atoms with Crippen LogP contribution >= 0.6 is 15.9 Å². The van der Waals surface area contributed by atoms with Crippen LogP contribution in [0.4, 0.5) is 18.9 Å². The van der Waals surface area contributed by atoms with Crippen molar-refractivity contribution in [2.24, 2.45) is 7.05 Å². The van der Waals surface area contributed by atoms with E-state index in [1.54, 1.807) is 4.72 Å². The molecule has 11 heteroatoms. The van der Waals surface area contributed by atoms with E-state index in [0.717, 1.165) is 10.7 Å². The third-order valence-corrected chi connectivity index (χ3v) is 4.52. The van der Waals surface area contributed by atoms with Crippen molar-refractivity contribution in [1.82, 2.24) is 15.0 Å². The number of hydrogen-bond acceptors (Lipinski definition) is 4. The van der Waals surface area contributed by atoms with Crippen LogP contribution in [0, 0.1) is 17.5 Å². The summed E-state index contributed by atoms with van der Waals surface area (Å²) in [4.78, 5) is 0. The van der Waals surface area contributed by atoms with Gasteiger partial charge in [-0.3, -0.25) is 4.72 Å². The van der Waals surface area contributed by atoms with Gasteiger partial charge in [0.15, 0.2) is 22.1 Å². The van der Waals surface area contributed by atoms with E-state index in [9.17, 15) is 21.6 Å². The molecule has 0 saturated carbocycles. The van der Waals surface area contributed by atoms with Crippen molar-refractivity contribution in [3.8, 4) is 0 Å². The smallest absolute Gasteiger partial charge is 0.275 e. The first-order valence-corrected chi connectivity index (χ1v) is 7.23. The van der Waals surface area contributed by atoms with Crippen LogP contribution in [0.3, 0.4) is 0 Å². The van der Waals surface area contributed by atoms with Gasteiger partial charge in [-0.25, -0.2) is 17.9 Å². The maximum absolute atomic E-state index is 13.4. The van der Waals surface area contributed by atoms with E-state index in [0.29, 0.717) is 6.07 Å². The van der Waals surface area contributed by atoms with Crippen molar-refractivity contribution in [3.05, 3.63) is 34.2 Å². The molecule has 0 radical (unpaired) electrons. The second kappa shape index (κ2) is 5.05. The molecule has 0 fully saturated rings. The fourth-order valence-corrected chi connectivity index (χ4v) is 3.56. The standard InChI is InChI=1S/C9H6BrF3N4O2S/c1-17-9(8(10)14-16-17)20(18,19)15-5-3-2-4(11)6(12)7(5)13/h2-3,15H,1H3. The summed E-state index contributed by atoms with van der Waals surface area (Å²) in [6.45, 7) is 0. The SMILES string of the molecule is Cn1nnc(Br)c1S(=O)(=O)Nc1ccc(F)c(F)c1F. The number of sulfonamides is 1. The third-order valence-electron chi connectivity index (χ3n) is 2.27. The molecule has 0 saturated heterocycles. The second-order valence-corrected chi connectivity index (χ2v) is 5.99. The van der Waals surface area contributed by atoms with E-state index in [2.05, 4.69) is 26.2 Å². The molecule has 0 atom stereocenters. The highest BCUT2D eigenvalue weighted by molar-refractivity contribution is 9.10. The molecule has 2 aromatic rings. The Hall–Kier alpha value is -1.62. The largest absolute Gasteiger partial charge is 0.282 e. The Bertz CT molecular complexity index is 758. The Morgan fingerprint density at radius 3 is 2.45 bits per heavy atom. The first-order chi connectivity index (χ1) is 9.24. The van der Waals surface area contributed by atoms with Crippen molar-refractivity contribution in [3.63, 3.8) is 0 Å². The minimum Gasteiger partial charge on any atom is -0.275 e. The van der Waals surface area contributed by atoms with Crippen LogP contribution in [0.2, 0.25) is 0 Å². The molecule has 1 aromatic heterocycles. The van der Waals surface area contributed by atoms with Crippen LogP contribution in [0.1, 0.15) is 0 Å². The zero-order chi connectivity index (χ0) is 15.1. The van der Waals surface area contributed by atoms with Crippen LogP contribution < -0.4 is 4.72 Å². The summed E-state index contributed by atoms with van der Waals surface area (Å²) in [6, 6.07) is 1.37. The molecular weight excluding hydrogens is 365 g/mol. The molecule has 2 rings (SSSR count).